The molecule has 0 radical (unpaired) electrons. The van der Waals surface area contributed by atoms with E-state index in [1.165, 1.54) is 12.4 Å². The maximum absolute atomic E-state index is 12.6. The van der Waals surface area contributed by atoms with Crippen LogP contribution < -0.4 is 10.2 Å². The van der Waals surface area contributed by atoms with Gasteiger partial charge in [0.2, 0.25) is 5.95 Å². The Hall–Kier alpha value is -2.63. The predicted octanol–water partition coefficient (Wildman–Crippen LogP) is 4.00. The van der Waals surface area contributed by atoms with E-state index in [-0.39, 0.29) is 11.5 Å². The lowest BCUT2D eigenvalue weighted by Gasteiger charge is -2.50. The molecule has 2 saturated heterocycles. The largest absolute Gasteiger partial charge is 0.408 e. The van der Waals surface area contributed by atoms with Gasteiger partial charge in [-0.2, -0.15) is 18.3 Å². The van der Waals surface area contributed by atoms with Gasteiger partial charge in [0, 0.05) is 49.5 Å². The van der Waals surface area contributed by atoms with Gasteiger partial charge in [-0.05, 0) is 19.9 Å². The van der Waals surface area contributed by atoms with Gasteiger partial charge in [-0.25, -0.2) is 9.97 Å². The van der Waals surface area contributed by atoms with Crippen molar-refractivity contribution < 1.29 is 17.9 Å². The summed E-state index contributed by atoms with van der Waals surface area (Å²) in [4.78, 5) is 13.7. The number of ether oxygens (including phenoxy) is 1. The number of nitrogens with zero attached hydrogens (tertiary/aromatic N) is 6. The van der Waals surface area contributed by atoms with E-state index in [0.717, 1.165) is 66.2 Å². The minimum absolute atomic E-state index is 0.121. The number of aryl methyl sites for hydroxylation is 1. The van der Waals surface area contributed by atoms with Crippen molar-refractivity contribution in [2.24, 2.45) is 0 Å². The highest BCUT2D eigenvalue weighted by Gasteiger charge is 2.40. The maximum Gasteiger partial charge on any atom is 0.408 e. The average Bonchev–Trinajstić information content (AvgIpc) is 3.18. The molecule has 2 aliphatic rings. The fourth-order valence-corrected chi connectivity index (χ4v) is 5.00. The Labute approximate surface area is 199 Å². The molecule has 2 aliphatic heterocycles. The molecule has 0 amide bonds. The second-order valence-corrected chi connectivity index (χ2v) is 9.50. The first-order valence-electron chi connectivity index (χ1n) is 11.0. The molecule has 34 heavy (non-hydrogen) atoms. The summed E-state index contributed by atoms with van der Waals surface area (Å²) in [5, 5.41) is 8.12. The average molecular weight is 496 g/mol. The Balaban J connectivity index is 1.36. The lowest BCUT2D eigenvalue weighted by Crippen LogP contribution is -2.64. The molecular formula is C22H25ClF3N7O. The Morgan fingerprint density at radius 3 is 2.56 bits per heavy atom. The van der Waals surface area contributed by atoms with Crippen LogP contribution in [0.25, 0.3) is 10.9 Å². The first-order chi connectivity index (χ1) is 16.1. The third kappa shape index (κ3) is 4.51. The van der Waals surface area contributed by atoms with Crippen LogP contribution in [0.2, 0.25) is 5.02 Å². The van der Waals surface area contributed by atoms with E-state index in [0.29, 0.717) is 10.7 Å². The first-order valence-corrected chi connectivity index (χ1v) is 11.4. The van der Waals surface area contributed by atoms with E-state index >= 15 is 0 Å². The number of rotatable bonds is 5. The van der Waals surface area contributed by atoms with E-state index < -0.39 is 12.7 Å². The number of nitrogens with one attached hydrogen (secondary N) is 1. The molecule has 0 unspecified atom stereocenters. The van der Waals surface area contributed by atoms with Crippen LogP contribution in [-0.2, 0) is 11.3 Å². The second-order valence-electron chi connectivity index (χ2n) is 9.09. The number of hydrogen-bond donors (Lipinski definition) is 1. The van der Waals surface area contributed by atoms with Gasteiger partial charge >= 0.3 is 6.18 Å². The second kappa shape index (κ2) is 8.54. The lowest BCUT2D eigenvalue weighted by atomic mass is 9.96. The van der Waals surface area contributed by atoms with Crippen molar-refractivity contribution in [1.29, 1.82) is 0 Å². The summed E-state index contributed by atoms with van der Waals surface area (Å²) in [5.41, 5.74) is 3.12. The van der Waals surface area contributed by atoms with Crippen LogP contribution in [0.3, 0.4) is 0 Å². The first kappa shape index (κ1) is 23.1. The smallest absolute Gasteiger partial charge is 0.377 e. The zero-order valence-electron chi connectivity index (χ0n) is 18.9. The molecule has 12 heteroatoms. The molecule has 2 fully saturated rings. The third-order valence-corrected chi connectivity index (χ3v) is 6.74. The number of halogens is 4. The summed E-state index contributed by atoms with van der Waals surface area (Å²) in [6, 6.07) is 1.86. The number of benzene rings is 1. The molecule has 4 heterocycles. The Kier molecular flexibility index (Phi) is 5.81. The molecule has 0 spiro atoms. The Bertz CT molecular complexity index is 1200. The van der Waals surface area contributed by atoms with E-state index in [9.17, 15) is 13.2 Å². The maximum atomic E-state index is 12.6. The molecule has 2 aromatic heterocycles. The van der Waals surface area contributed by atoms with E-state index in [4.69, 9.17) is 16.3 Å². The van der Waals surface area contributed by atoms with Crippen LogP contribution in [0.15, 0.2) is 24.7 Å². The zero-order chi connectivity index (χ0) is 24.1. The van der Waals surface area contributed by atoms with Crippen molar-refractivity contribution in [3.8, 4) is 0 Å². The summed E-state index contributed by atoms with van der Waals surface area (Å²) in [6.07, 6.45) is -0.103. The standard InChI is InChI=1S/C22H25ClF3N7O/c1-14-18-15(8-27-20(30-18)29-16-9-28-33(10-16)11-22(24,25)26)7-17(23)19(14)31-3-5-32(6-4-31)21(2)12-34-13-21/h7-10H,3-6,11-13H2,1-2H3,(H,27,29,30). The molecule has 0 saturated carbocycles. The van der Waals surface area contributed by atoms with Gasteiger partial charge in [0.15, 0.2) is 0 Å². The summed E-state index contributed by atoms with van der Waals surface area (Å²) in [5.74, 6) is 0.276. The molecule has 1 N–H and O–H groups in total. The highest BCUT2D eigenvalue weighted by molar-refractivity contribution is 6.34. The zero-order valence-corrected chi connectivity index (χ0v) is 19.6. The van der Waals surface area contributed by atoms with E-state index in [1.54, 1.807) is 6.20 Å². The van der Waals surface area contributed by atoms with Crippen molar-refractivity contribution in [1.82, 2.24) is 24.6 Å². The van der Waals surface area contributed by atoms with Crippen LogP contribution >= 0.6 is 11.6 Å². The van der Waals surface area contributed by atoms with Crippen molar-refractivity contribution in [2.75, 3.05) is 49.6 Å². The molecule has 8 nitrogen and oxygen atoms in total. The normalized spacial score (nSPS) is 18.8. The van der Waals surface area contributed by atoms with Crippen molar-refractivity contribution >= 4 is 39.8 Å². The van der Waals surface area contributed by atoms with E-state index in [2.05, 4.69) is 37.1 Å². The van der Waals surface area contributed by atoms with Gasteiger partial charge in [0.05, 0.1) is 46.9 Å². The van der Waals surface area contributed by atoms with Gasteiger partial charge in [-0.1, -0.05) is 11.6 Å². The molecule has 0 atom stereocenters. The molecule has 0 aliphatic carbocycles. The third-order valence-electron chi connectivity index (χ3n) is 6.45. The van der Waals surface area contributed by atoms with Gasteiger partial charge in [0.1, 0.15) is 6.54 Å². The summed E-state index contributed by atoms with van der Waals surface area (Å²) >= 11 is 6.68. The highest BCUT2D eigenvalue weighted by atomic mass is 35.5. The van der Waals surface area contributed by atoms with Gasteiger partial charge in [0.25, 0.3) is 0 Å². The molecule has 3 aromatic rings. The minimum Gasteiger partial charge on any atom is -0.377 e. The number of fused-ring (bicyclic) bond motifs is 1. The molecule has 5 rings (SSSR count). The fraction of sp³-hybridized carbons (Fsp3) is 0.500. The molecule has 1 aromatic carbocycles. The Morgan fingerprint density at radius 1 is 1.18 bits per heavy atom. The number of alkyl halides is 3. The van der Waals surface area contributed by atoms with Crippen LogP contribution in [0.1, 0.15) is 12.5 Å². The van der Waals surface area contributed by atoms with Gasteiger partial charge < -0.3 is 15.0 Å². The minimum atomic E-state index is -4.34. The molecule has 0 bridgehead atoms. The number of anilines is 3. The van der Waals surface area contributed by atoms with Crippen LogP contribution in [0.4, 0.5) is 30.5 Å². The topological polar surface area (TPSA) is 71.3 Å². The van der Waals surface area contributed by atoms with Crippen molar-refractivity contribution in [2.45, 2.75) is 32.1 Å². The number of aromatic nitrogens is 4. The predicted molar refractivity (Wildman–Crippen MR) is 124 cm³/mol. The van der Waals surface area contributed by atoms with Crippen LogP contribution in [0, 0.1) is 6.92 Å². The summed E-state index contributed by atoms with van der Waals surface area (Å²) in [7, 11) is 0. The van der Waals surface area contributed by atoms with Crippen LogP contribution in [-0.4, -0.2) is 75.8 Å². The fourth-order valence-electron chi connectivity index (χ4n) is 4.62. The number of piperazine rings is 1. The van der Waals surface area contributed by atoms with Gasteiger partial charge in [-0.15, -0.1) is 0 Å². The Morgan fingerprint density at radius 2 is 1.91 bits per heavy atom. The van der Waals surface area contributed by atoms with Gasteiger partial charge in [-0.3, -0.25) is 9.58 Å². The SMILES string of the molecule is Cc1c(N2CCN(C3(C)COC3)CC2)c(Cl)cc2cnc(Nc3cnn(CC(F)(F)F)c3)nc12. The van der Waals surface area contributed by atoms with Crippen molar-refractivity contribution in [3.05, 3.63) is 35.2 Å². The lowest BCUT2D eigenvalue weighted by molar-refractivity contribution is -0.142. The van der Waals surface area contributed by atoms with Crippen LogP contribution in [0.5, 0.6) is 0 Å². The molecular weight excluding hydrogens is 471 g/mol. The van der Waals surface area contributed by atoms with Crippen molar-refractivity contribution in [3.63, 3.8) is 0 Å². The highest BCUT2D eigenvalue weighted by Crippen LogP contribution is 2.37. The quantitative estimate of drug-likeness (QED) is 0.573. The number of hydrogen-bond acceptors (Lipinski definition) is 7. The monoisotopic (exact) mass is 495 g/mol. The molecule has 182 valence electrons. The summed E-state index contributed by atoms with van der Waals surface area (Å²) < 4.78 is 44.0. The van der Waals surface area contributed by atoms with E-state index in [1.807, 2.05) is 13.0 Å². The summed E-state index contributed by atoms with van der Waals surface area (Å²) in [6.45, 7) is 8.13.